The van der Waals surface area contributed by atoms with Crippen molar-refractivity contribution in [3.05, 3.63) is 33.8 Å². The minimum atomic E-state index is -0.302. The SMILES string of the molecule is CCC(C)[C@H](NCC(N)CS)C(=O)NCc1cccc(Cl)c1Cl. The van der Waals surface area contributed by atoms with Crippen molar-refractivity contribution in [1.82, 2.24) is 10.6 Å². The maximum atomic E-state index is 12.5. The van der Waals surface area contributed by atoms with Gasteiger partial charge < -0.3 is 16.4 Å². The van der Waals surface area contributed by atoms with Crippen molar-refractivity contribution < 1.29 is 4.79 Å². The van der Waals surface area contributed by atoms with Gasteiger partial charge in [0.25, 0.3) is 0 Å². The molecule has 1 aromatic carbocycles. The van der Waals surface area contributed by atoms with E-state index in [1.54, 1.807) is 6.07 Å². The summed E-state index contributed by atoms with van der Waals surface area (Å²) in [6, 6.07) is 4.99. The van der Waals surface area contributed by atoms with E-state index in [1.165, 1.54) is 0 Å². The van der Waals surface area contributed by atoms with E-state index in [2.05, 4.69) is 30.2 Å². The molecule has 23 heavy (non-hydrogen) atoms. The first kappa shape index (κ1) is 20.6. The van der Waals surface area contributed by atoms with Crippen molar-refractivity contribution in [2.45, 2.75) is 38.9 Å². The summed E-state index contributed by atoms with van der Waals surface area (Å²) >= 11 is 16.3. The molecule has 4 nitrogen and oxygen atoms in total. The maximum absolute atomic E-state index is 12.5. The van der Waals surface area contributed by atoms with Crippen molar-refractivity contribution in [3.63, 3.8) is 0 Å². The zero-order chi connectivity index (χ0) is 17.4. The molecule has 1 aromatic rings. The predicted octanol–water partition coefficient (Wildman–Crippen LogP) is 2.87. The van der Waals surface area contributed by atoms with Crippen LogP contribution in [0, 0.1) is 5.92 Å². The quantitative estimate of drug-likeness (QED) is 0.500. The molecule has 4 N–H and O–H groups in total. The summed E-state index contributed by atoms with van der Waals surface area (Å²) in [7, 11) is 0. The van der Waals surface area contributed by atoms with Crippen LogP contribution in [-0.4, -0.2) is 30.3 Å². The molecular formula is C16H25Cl2N3OS. The fourth-order valence-electron chi connectivity index (χ4n) is 2.11. The van der Waals surface area contributed by atoms with E-state index in [-0.39, 0.29) is 23.9 Å². The van der Waals surface area contributed by atoms with Gasteiger partial charge in [-0.1, -0.05) is 55.6 Å². The van der Waals surface area contributed by atoms with E-state index in [1.807, 2.05) is 19.1 Å². The van der Waals surface area contributed by atoms with Crippen molar-refractivity contribution in [3.8, 4) is 0 Å². The van der Waals surface area contributed by atoms with Gasteiger partial charge in [0.2, 0.25) is 5.91 Å². The van der Waals surface area contributed by atoms with Gasteiger partial charge in [0.15, 0.2) is 0 Å². The molecule has 0 bridgehead atoms. The fourth-order valence-corrected chi connectivity index (χ4v) is 2.62. The Balaban J connectivity index is 2.67. The number of carbonyl (C=O) groups excluding carboxylic acids is 1. The van der Waals surface area contributed by atoms with Crippen LogP contribution in [-0.2, 0) is 11.3 Å². The lowest BCUT2D eigenvalue weighted by atomic mass is 9.98. The number of hydrogen-bond donors (Lipinski definition) is 4. The second-order valence-corrected chi connectivity index (χ2v) is 6.80. The third-order valence-electron chi connectivity index (χ3n) is 3.81. The van der Waals surface area contributed by atoms with Gasteiger partial charge in [-0.3, -0.25) is 4.79 Å². The molecule has 0 saturated heterocycles. The lowest BCUT2D eigenvalue weighted by molar-refractivity contribution is -0.124. The summed E-state index contributed by atoms with van der Waals surface area (Å²) in [4.78, 5) is 12.5. The summed E-state index contributed by atoms with van der Waals surface area (Å²) < 4.78 is 0. The Kier molecular flexibility index (Phi) is 9.32. The summed E-state index contributed by atoms with van der Waals surface area (Å²) in [6.45, 7) is 4.98. The summed E-state index contributed by atoms with van der Waals surface area (Å²) in [5.41, 5.74) is 6.66. The largest absolute Gasteiger partial charge is 0.351 e. The van der Waals surface area contributed by atoms with Crippen LogP contribution in [0.2, 0.25) is 10.0 Å². The van der Waals surface area contributed by atoms with Crippen LogP contribution >= 0.6 is 35.8 Å². The van der Waals surface area contributed by atoms with Gasteiger partial charge in [-0.25, -0.2) is 0 Å². The molecule has 130 valence electrons. The van der Waals surface area contributed by atoms with Gasteiger partial charge in [-0.05, 0) is 17.5 Å². The topological polar surface area (TPSA) is 67.1 Å². The third kappa shape index (κ3) is 6.51. The Labute approximate surface area is 153 Å². The summed E-state index contributed by atoms with van der Waals surface area (Å²) in [5.74, 6) is 0.693. The monoisotopic (exact) mass is 377 g/mol. The molecule has 0 aliphatic heterocycles. The van der Waals surface area contributed by atoms with Crippen molar-refractivity contribution in [2.24, 2.45) is 11.7 Å². The molecule has 0 aliphatic carbocycles. The van der Waals surface area contributed by atoms with E-state index < -0.39 is 0 Å². The third-order valence-corrected chi connectivity index (χ3v) is 5.14. The molecule has 0 spiro atoms. The Morgan fingerprint density at radius 2 is 2.09 bits per heavy atom. The number of carbonyl (C=O) groups is 1. The van der Waals surface area contributed by atoms with Crippen LogP contribution in [0.5, 0.6) is 0 Å². The minimum Gasteiger partial charge on any atom is -0.351 e. The molecule has 1 rings (SSSR count). The Hall–Kier alpha value is -0.460. The lowest BCUT2D eigenvalue weighted by Crippen LogP contribution is -2.51. The summed E-state index contributed by atoms with van der Waals surface area (Å²) in [6.07, 6.45) is 0.888. The van der Waals surface area contributed by atoms with Crippen LogP contribution in [0.1, 0.15) is 25.8 Å². The number of nitrogens with one attached hydrogen (secondary N) is 2. The molecule has 2 unspecified atom stereocenters. The van der Waals surface area contributed by atoms with E-state index in [4.69, 9.17) is 28.9 Å². The van der Waals surface area contributed by atoms with E-state index in [0.717, 1.165) is 12.0 Å². The fraction of sp³-hybridized carbons (Fsp3) is 0.562. The average Bonchev–Trinajstić information content (AvgIpc) is 2.55. The van der Waals surface area contributed by atoms with E-state index in [9.17, 15) is 4.79 Å². The predicted molar refractivity (Wildman–Crippen MR) is 101 cm³/mol. The lowest BCUT2D eigenvalue weighted by Gasteiger charge is -2.25. The standard InChI is InChI=1S/C16H25Cl2N3OS/c1-3-10(2)15(20-8-12(19)9-23)16(22)21-7-11-5-4-6-13(17)14(11)18/h4-6,10,12,15,20,23H,3,7-9,19H2,1-2H3,(H,21,22)/t10?,12?,15-/m0/s1. The van der Waals surface area contributed by atoms with Gasteiger partial charge in [0, 0.05) is 24.9 Å². The number of benzene rings is 1. The first-order chi connectivity index (χ1) is 10.9. The highest BCUT2D eigenvalue weighted by Gasteiger charge is 2.24. The zero-order valence-corrected chi connectivity index (χ0v) is 15.9. The molecule has 7 heteroatoms. The number of rotatable bonds is 9. The molecule has 0 radical (unpaired) electrons. The molecule has 0 aliphatic rings. The maximum Gasteiger partial charge on any atom is 0.237 e. The van der Waals surface area contributed by atoms with Crippen LogP contribution in [0.15, 0.2) is 18.2 Å². The molecule has 0 aromatic heterocycles. The number of hydrogen-bond acceptors (Lipinski definition) is 4. The summed E-state index contributed by atoms with van der Waals surface area (Å²) in [5, 5.41) is 7.11. The van der Waals surface area contributed by atoms with Crippen molar-refractivity contribution in [2.75, 3.05) is 12.3 Å². The Morgan fingerprint density at radius 1 is 1.39 bits per heavy atom. The zero-order valence-electron chi connectivity index (χ0n) is 13.5. The Bertz CT molecular complexity index is 516. The number of amides is 1. The van der Waals surface area contributed by atoms with Gasteiger partial charge in [-0.2, -0.15) is 12.6 Å². The highest BCUT2D eigenvalue weighted by molar-refractivity contribution is 7.80. The van der Waals surface area contributed by atoms with Crippen LogP contribution < -0.4 is 16.4 Å². The van der Waals surface area contributed by atoms with E-state index in [0.29, 0.717) is 28.9 Å². The minimum absolute atomic E-state index is 0.0678. The normalized spacial score (nSPS) is 15.0. The number of halogens is 2. The van der Waals surface area contributed by atoms with Crippen molar-refractivity contribution >= 4 is 41.7 Å². The smallest absolute Gasteiger partial charge is 0.237 e. The van der Waals surface area contributed by atoms with Gasteiger partial charge in [0.1, 0.15) is 0 Å². The van der Waals surface area contributed by atoms with Crippen LogP contribution in [0.4, 0.5) is 0 Å². The van der Waals surface area contributed by atoms with Gasteiger partial charge in [-0.15, -0.1) is 0 Å². The first-order valence-corrected chi connectivity index (χ1v) is 9.09. The number of nitrogens with two attached hydrogens (primary N) is 1. The van der Waals surface area contributed by atoms with Crippen LogP contribution in [0.3, 0.4) is 0 Å². The van der Waals surface area contributed by atoms with Crippen molar-refractivity contribution in [1.29, 1.82) is 0 Å². The Morgan fingerprint density at radius 3 is 2.70 bits per heavy atom. The highest BCUT2D eigenvalue weighted by Crippen LogP contribution is 2.25. The second kappa shape index (κ2) is 10.4. The highest BCUT2D eigenvalue weighted by atomic mass is 35.5. The molecule has 1 amide bonds. The van der Waals surface area contributed by atoms with Crippen LogP contribution in [0.25, 0.3) is 0 Å². The van der Waals surface area contributed by atoms with E-state index >= 15 is 0 Å². The molecule has 3 atom stereocenters. The van der Waals surface area contributed by atoms with Gasteiger partial charge in [0.05, 0.1) is 16.1 Å². The first-order valence-electron chi connectivity index (χ1n) is 7.71. The molecular weight excluding hydrogens is 353 g/mol. The molecule has 0 heterocycles. The van der Waals surface area contributed by atoms with Gasteiger partial charge >= 0.3 is 0 Å². The number of thiol groups is 1. The average molecular weight is 378 g/mol. The molecule has 0 saturated carbocycles. The second-order valence-electron chi connectivity index (χ2n) is 5.64. The molecule has 0 fully saturated rings.